The van der Waals surface area contributed by atoms with E-state index in [1.165, 1.54) is 10.9 Å². The summed E-state index contributed by atoms with van der Waals surface area (Å²) in [7, 11) is 0. The summed E-state index contributed by atoms with van der Waals surface area (Å²) in [6.07, 6.45) is 2.89. The van der Waals surface area contributed by atoms with Gasteiger partial charge in [-0.15, -0.1) is 0 Å². The SMILES string of the molecule is Cc1cccc2c(=O)n(CCC(=O)NC3CNCCC3C)cnc12. The van der Waals surface area contributed by atoms with Crippen molar-refractivity contribution in [2.45, 2.75) is 39.3 Å². The van der Waals surface area contributed by atoms with E-state index in [1.807, 2.05) is 19.1 Å². The predicted octanol–water partition coefficient (Wildman–Crippen LogP) is 1.21. The van der Waals surface area contributed by atoms with E-state index >= 15 is 0 Å². The van der Waals surface area contributed by atoms with E-state index < -0.39 is 0 Å². The predicted molar refractivity (Wildman–Crippen MR) is 93.9 cm³/mol. The van der Waals surface area contributed by atoms with Gasteiger partial charge >= 0.3 is 0 Å². The minimum absolute atomic E-state index is 0.0215. The van der Waals surface area contributed by atoms with E-state index in [9.17, 15) is 9.59 Å². The van der Waals surface area contributed by atoms with Crippen LogP contribution in [0.4, 0.5) is 0 Å². The molecule has 0 radical (unpaired) electrons. The minimum Gasteiger partial charge on any atom is -0.352 e. The molecule has 0 bridgehead atoms. The smallest absolute Gasteiger partial charge is 0.261 e. The lowest BCUT2D eigenvalue weighted by Gasteiger charge is -2.30. The van der Waals surface area contributed by atoms with Gasteiger partial charge in [0.15, 0.2) is 0 Å². The summed E-state index contributed by atoms with van der Waals surface area (Å²) >= 11 is 0. The van der Waals surface area contributed by atoms with Crippen molar-refractivity contribution in [1.82, 2.24) is 20.2 Å². The Bertz CT molecular complexity index is 799. The zero-order valence-corrected chi connectivity index (χ0v) is 14.2. The van der Waals surface area contributed by atoms with Crippen LogP contribution in [0.25, 0.3) is 10.9 Å². The van der Waals surface area contributed by atoms with Crippen LogP contribution < -0.4 is 16.2 Å². The normalized spacial score (nSPS) is 20.9. The maximum Gasteiger partial charge on any atom is 0.261 e. The highest BCUT2D eigenvalue weighted by atomic mass is 16.2. The number of carbonyl (C=O) groups excluding carboxylic acids is 1. The molecule has 1 aromatic heterocycles. The van der Waals surface area contributed by atoms with Crippen molar-refractivity contribution < 1.29 is 4.79 Å². The molecule has 6 nitrogen and oxygen atoms in total. The van der Waals surface area contributed by atoms with Crippen LogP contribution in [-0.2, 0) is 11.3 Å². The van der Waals surface area contributed by atoms with E-state index in [0.29, 0.717) is 17.8 Å². The molecule has 0 aliphatic carbocycles. The summed E-state index contributed by atoms with van der Waals surface area (Å²) in [6, 6.07) is 5.74. The first-order chi connectivity index (χ1) is 11.6. The molecule has 2 aromatic rings. The van der Waals surface area contributed by atoms with Gasteiger partial charge < -0.3 is 10.6 Å². The van der Waals surface area contributed by atoms with Gasteiger partial charge in [0.05, 0.1) is 17.2 Å². The fourth-order valence-electron chi connectivity index (χ4n) is 3.18. The molecule has 1 saturated heterocycles. The molecule has 1 aliphatic rings. The maximum absolute atomic E-state index is 12.5. The number of aryl methyl sites for hydroxylation is 2. The van der Waals surface area contributed by atoms with Crippen LogP contribution in [0.5, 0.6) is 0 Å². The van der Waals surface area contributed by atoms with Crippen LogP contribution in [-0.4, -0.2) is 34.6 Å². The van der Waals surface area contributed by atoms with E-state index in [4.69, 9.17) is 0 Å². The van der Waals surface area contributed by atoms with Gasteiger partial charge in [0, 0.05) is 25.6 Å². The minimum atomic E-state index is -0.0933. The van der Waals surface area contributed by atoms with E-state index in [0.717, 1.165) is 30.6 Å². The highest BCUT2D eigenvalue weighted by molar-refractivity contribution is 5.80. The van der Waals surface area contributed by atoms with Gasteiger partial charge in [-0.05, 0) is 37.4 Å². The van der Waals surface area contributed by atoms with E-state index in [1.54, 1.807) is 6.07 Å². The number of nitrogens with zero attached hydrogens (tertiary/aromatic N) is 2. The molecular weight excluding hydrogens is 304 g/mol. The second-order valence-corrected chi connectivity index (χ2v) is 6.61. The monoisotopic (exact) mass is 328 g/mol. The van der Waals surface area contributed by atoms with Crippen molar-refractivity contribution in [3.63, 3.8) is 0 Å². The Kier molecular flexibility index (Phi) is 4.94. The molecule has 6 heteroatoms. The molecule has 0 spiro atoms. The number of fused-ring (bicyclic) bond motifs is 1. The lowest BCUT2D eigenvalue weighted by atomic mass is 9.95. The number of piperidine rings is 1. The Hall–Kier alpha value is -2.21. The zero-order chi connectivity index (χ0) is 17.1. The van der Waals surface area contributed by atoms with Gasteiger partial charge in [0.2, 0.25) is 5.91 Å². The number of carbonyl (C=O) groups is 1. The third kappa shape index (κ3) is 3.48. The van der Waals surface area contributed by atoms with Crippen LogP contribution in [0.2, 0.25) is 0 Å². The van der Waals surface area contributed by atoms with Gasteiger partial charge in [-0.1, -0.05) is 19.1 Å². The van der Waals surface area contributed by atoms with Crippen molar-refractivity contribution in [3.05, 3.63) is 40.4 Å². The number of amides is 1. The van der Waals surface area contributed by atoms with Crippen LogP contribution >= 0.6 is 0 Å². The molecule has 128 valence electrons. The van der Waals surface area contributed by atoms with Crippen molar-refractivity contribution in [2.75, 3.05) is 13.1 Å². The van der Waals surface area contributed by atoms with Gasteiger partial charge in [0.25, 0.3) is 5.56 Å². The highest BCUT2D eigenvalue weighted by Gasteiger charge is 2.22. The number of hydrogen-bond acceptors (Lipinski definition) is 4. The van der Waals surface area contributed by atoms with Crippen LogP contribution in [0.3, 0.4) is 0 Å². The highest BCUT2D eigenvalue weighted by Crippen LogP contribution is 2.12. The molecule has 1 aromatic carbocycles. The Balaban J connectivity index is 1.66. The summed E-state index contributed by atoms with van der Waals surface area (Å²) in [5, 5.41) is 6.97. The van der Waals surface area contributed by atoms with Gasteiger partial charge in [-0.25, -0.2) is 4.98 Å². The largest absolute Gasteiger partial charge is 0.352 e. The standard InChI is InChI=1S/C18H24N4O2/c1-12-6-8-19-10-15(12)21-16(23)7-9-22-11-20-17-13(2)4-3-5-14(17)18(22)24/h3-5,11-12,15,19H,6-10H2,1-2H3,(H,21,23). The summed E-state index contributed by atoms with van der Waals surface area (Å²) < 4.78 is 1.52. The number of benzene rings is 1. The molecule has 2 atom stereocenters. The fraction of sp³-hybridized carbons (Fsp3) is 0.500. The molecular formula is C18H24N4O2. The van der Waals surface area contributed by atoms with Crippen LogP contribution in [0, 0.1) is 12.8 Å². The number of para-hydroxylation sites is 1. The Morgan fingerprint density at radius 2 is 2.29 bits per heavy atom. The summed E-state index contributed by atoms with van der Waals surface area (Å²) in [6.45, 7) is 6.25. The molecule has 2 unspecified atom stereocenters. The molecule has 3 rings (SSSR count). The van der Waals surface area contributed by atoms with Crippen molar-refractivity contribution in [3.8, 4) is 0 Å². The third-order valence-electron chi connectivity index (χ3n) is 4.81. The lowest BCUT2D eigenvalue weighted by molar-refractivity contribution is -0.122. The fourth-order valence-corrected chi connectivity index (χ4v) is 3.18. The summed E-state index contributed by atoms with van der Waals surface area (Å²) in [5.74, 6) is 0.454. The lowest BCUT2D eigenvalue weighted by Crippen LogP contribution is -2.50. The Labute approximate surface area is 141 Å². The van der Waals surface area contributed by atoms with Crippen LogP contribution in [0.15, 0.2) is 29.3 Å². The summed E-state index contributed by atoms with van der Waals surface area (Å²) in [5.41, 5.74) is 1.61. The van der Waals surface area contributed by atoms with E-state index in [-0.39, 0.29) is 23.9 Å². The Morgan fingerprint density at radius 1 is 1.46 bits per heavy atom. The average molecular weight is 328 g/mol. The number of rotatable bonds is 4. The van der Waals surface area contributed by atoms with Gasteiger partial charge in [0.1, 0.15) is 0 Å². The zero-order valence-electron chi connectivity index (χ0n) is 14.2. The molecule has 1 amide bonds. The number of nitrogens with one attached hydrogen (secondary N) is 2. The van der Waals surface area contributed by atoms with Crippen LogP contribution in [0.1, 0.15) is 25.3 Å². The van der Waals surface area contributed by atoms with Crippen molar-refractivity contribution in [1.29, 1.82) is 0 Å². The quantitative estimate of drug-likeness (QED) is 0.884. The maximum atomic E-state index is 12.5. The topological polar surface area (TPSA) is 76.0 Å². The van der Waals surface area contributed by atoms with Gasteiger partial charge in [-0.2, -0.15) is 0 Å². The molecule has 2 N–H and O–H groups in total. The molecule has 1 aliphatic heterocycles. The second-order valence-electron chi connectivity index (χ2n) is 6.61. The first-order valence-electron chi connectivity index (χ1n) is 8.51. The van der Waals surface area contributed by atoms with Crippen molar-refractivity contribution >= 4 is 16.8 Å². The molecule has 24 heavy (non-hydrogen) atoms. The summed E-state index contributed by atoms with van der Waals surface area (Å²) in [4.78, 5) is 29.1. The van der Waals surface area contributed by atoms with Crippen molar-refractivity contribution in [2.24, 2.45) is 5.92 Å². The first-order valence-corrected chi connectivity index (χ1v) is 8.51. The molecule has 1 fully saturated rings. The third-order valence-corrected chi connectivity index (χ3v) is 4.81. The molecule has 0 saturated carbocycles. The van der Waals surface area contributed by atoms with Gasteiger partial charge in [-0.3, -0.25) is 14.2 Å². The van der Waals surface area contributed by atoms with E-state index in [2.05, 4.69) is 22.5 Å². The average Bonchev–Trinajstić information content (AvgIpc) is 2.57. The molecule has 2 heterocycles. The number of aromatic nitrogens is 2. The first kappa shape index (κ1) is 16.6. The Morgan fingerprint density at radius 3 is 3.08 bits per heavy atom. The second kappa shape index (κ2) is 7.13. The number of hydrogen-bond donors (Lipinski definition) is 2.